The van der Waals surface area contributed by atoms with Crippen LogP contribution in [0.15, 0.2) is 0 Å². The summed E-state index contributed by atoms with van der Waals surface area (Å²) in [6, 6.07) is 0.487. The minimum absolute atomic E-state index is 0.0373. The molecule has 0 aromatic heterocycles. The summed E-state index contributed by atoms with van der Waals surface area (Å²) < 4.78 is 29.8. The van der Waals surface area contributed by atoms with Crippen molar-refractivity contribution in [2.45, 2.75) is 38.6 Å². The third-order valence-electron chi connectivity index (χ3n) is 3.15. The molecular weight excluding hydrogens is 187 g/mol. The molecule has 2 nitrogen and oxygen atoms in total. The summed E-state index contributed by atoms with van der Waals surface area (Å²) >= 11 is 0. The highest BCUT2D eigenvalue weighted by molar-refractivity contribution is 6.17. The van der Waals surface area contributed by atoms with Gasteiger partial charge in [-0.25, -0.2) is 4.39 Å². The minimum Gasteiger partial charge on any atom is -0.392 e. The van der Waals surface area contributed by atoms with Gasteiger partial charge in [0.15, 0.2) is 0 Å². The maximum Gasteiger partial charge on any atom is 0.264 e. The van der Waals surface area contributed by atoms with Gasteiger partial charge in [-0.2, -0.15) is 0 Å². The van der Waals surface area contributed by atoms with E-state index in [4.69, 9.17) is 4.74 Å². The van der Waals surface area contributed by atoms with Crippen LogP contribution < -0.4 is 0 Å². The van der Waals surface area contributed by atoms with Gasteiger partial charge in [0.1, 0.15) is 6.17 Å². The Hall–Kier alpha value is -0.0931. The van der Waals surface area contributed by atoms with Crippen molar-refractivity contribution in [2.24, 2.45) is 11.8 Å². The lowest BCUT2D eigenvalue weighted by Crippen LogP contribution is -2.49. The van der Waals surface area contributed by atoms with E-state index in [0.717, 1.165) is 0 Å². The third kappa shape index (κ3) is 2.04. The van der Waals surface area contributed by atoms with Gasteiger partial charge in [-0.05, 0) is 6.92 Å². The zero-order valence-corrected chi connectivity index (χ0v) is 9.57. The van der Waals surface area contributed by atoms with Crippen LogP contribution in [0.2, 0.25) is 6.04 Å². The van der Waals surface area contributed by atoms with Crippen LogP contribution in [-0.2, 0) is 9.20 Å². The molecule has 1 rings (SSSR count). The zero-order valence-electron chi connectivity index (χ0n) is 8.42. The van der Waals surface area contributed by atoms with E-state index >= 15 is 0 Å². The van der Waals surface area contributed by atoms with Crippen molar-refractivity contribution in [1.82, 2.24) is 0 Å². The molecule has 0 aromatic carbocycles. The molecule has 0 aromatic rings. The fourth-order valence-corrected chi connectivity index (χ4v) is 2.61. The van der Waals surface area contributed by atoms with E-state index in [2.05, 4.69) is 0 Å². The molecule has 0 amide bonds. The molecule has 0 spiro atoms. The Labute approximate surface area is 80.7 Å². The molecule has 0 N–H and O–H groups in total. The lowest BCUT2D eigenvalue weighted by Gasteiger charge is -2.43. The van der Waals surface area contributed by atoms with Gasteiger partial charge in [-0.15, -0.1) is 0 Å². The summed E-state index contributed by atoms with van der Waals surface area (Å²) in [7, 11) is -0.857. The van der Waals surface area contributed by atoms with E-state index in [1.165, 1.54) is 0 Å². The molecule has 4 heteroatoms. The second-order valence-corrected chi connectivity index (χ2v) is 4.95. The molecule has 0 bridgehead atoms. The first-order valence-electron chi connectivity index (χ1n) is 4.73. The Morgan fingerprint density at radius 1 is 1.62 bits per heavy atom. The normalized spacial score (nSPS) is 46.0. The average Bonchev–Trinajstić information content (AvgIpc) is 2.10. The van der Waals surface area contributed by atoms with Gasteiger partial charge in [0.25, 0.3) is 9.41 Å². The van der Waals surface area contributed by atoms with Crippen LogP contribution >= 0.6 is 0 Å². The van der Waals surface area contributed by atoms with Crippen molar-refractivity contribution in [3.63, 3.8) is 0 Å². The quantitative estimate of drug-likeness (QED) is 0.638. The minimum atomic E-state index is -0.857. The molecule has 0 radical (unpaired) electrons. The Kier molecular flexibility index (Phi) is 3.35. The van der Waals surface area contributed by atoms with E-state index in [1.807, 2.05) is 20.8 Å². The molecule has 13 heavy (non-hydrogen) atoms. The van der Waals surface area contributed by atoms with Gasteiger partial charge in [0, 0.05) is 17.9 Å². The Morgan fingerprint density at radius 3 is 2.77 bits per heavy atom. The highest BCUT2D eigenvalue weighted by atomic mass is 28.2. The van der Waals surface area contributed by atoms with Gasteiger partial charge in [-0.1, -0.05) is 13.8 Å². The summed E-state index contributed by atoms with van der Waals surface area (Å²) in [6.45, 7) is 6.00. The fourth-order valence-electron chi connectivity index (χ4n) is 1.79. The van der Waals surface area contributed by atoms with Gasteiger partial charge in [0.05, 0.1) is 12.2 Å². The lowest BCUT2D eigenvalue weighted by molar-refractivity contribution is -0.143. The summed E-state index contributed by atoms with van der Waals surface area (Å²) in [4.78, 5) is 0. The molecule has 1 fully saturated rings. The molecular formula is C9H17FO2Si. The van der Waals surface area contributed by atoms with Crippen LogP contribution in [0, 0.1) is 11.8 Å². The summed E-state index contributed by atoms with van der Waals surface area (Å²) in [6.07, 6.45) is -0.829. The van der Waals surface area contributed by atoms with Crippen molar-refractivity contribution in [3.8, 4) is 0 Å². The molecule has 0 saturated carbocycles. The lowest BCUT2D eigenvalue weighted by atomic mass is 9.80. The topological polar surface area (TPSA) is 26.3 Å². The molecule has 1 aliphatic rings. The summed E-state index contributed by atoms with van der Waals surface area (Å²) in [5.41, 5.74) is -0.511. The Morgan fingerprint density at radius 2 is 2.23 bits per heavy atom. The molecule has 0 aliphatic carbocycles. The fraction of sp³-hybridized carbons (Fsp3) is 1.00. The second kappa shape index (κ2) is 3.96. The summed E-state index contributed by atoms with van der Waals surface area (Å²) in [5.74, 6) is -0.192. The van der Waals surface area contributed by atoms with Crippen LogP contribution in [0.1, 0.15) is 20.8 Å². The first-order chi connectivity index (χ1) is 6.01. The van der Waals surface area contributed by atoms with Crippen molar-refractivity contribution in [1.29, 1.82) is 0 Å². The van der Waals surface area contributed by atoms with Crippen LogP contribution in [-0.4, -0.2) is 27.8 Å². The van der Waals surface area contributed by atoms with E-state index in [0.29, 0.717) is 12.7 Å². The zero-order chi connectivity index (χ0) is 10.1. The number of hydrogen-bond donors (Lipinski definition) is 0. The standard InChI is InChI=1S/C9H17FO2Si/c1-6-4-12-9(3,5-13-11)7(2)8(6)10/h6-8,13H,4-5H2,1-3H3/t6-,7+,8+,9-/m1/s1. The largest absolute Gasteiger partial charge is 0.392 e. The molecule has 0 unspecified atom stereocenters. The molecule has 1 heterocycles. The Balaban J connectivity index is 2.72. The van der Waals surface area contributed by atoms with Crippen molar-refractivity contribution in [2.75, 3.05) is 6.61 Å². The SMILES string of the molecule is C[C@@H]1CO[C@](C)(C[SiH]=O)[C@@H](C)[C@H]1F. The maximum atomic E-state index is 13.6. The monoisotopic (exact) mass is 204 g/mol. The van der Waals surface area contributed by atoms with Crippen molar-refractivity contribution >= 4 is 9.41 Å². The van der Waals surface area contributed by atoms with Gasteiger partial charge in [-0.3, -0.25) is 0 Å². The average molecular weight is 204 g/mol. The number of ether oxygens (including phenoxy) is 1. The van der Waals surface area contributed by atoms with Crippen molar-refractivity contribution < 1.29 is 13.6 Å². The number of hydrogen-bond acceptors (Lipinski definition) is 2. The number of rotatable bonds is 2. The third-order valence-corrected chi connectivity index (χ3v) is 4.13. The number of alkyl halides is 1. The van der Waals surface area contributed by atoms with Crippen molar-refractivity contribution in [3.05, 3.63) is 0 Å². The maximum absolute atomic E-state index is 13.6. The molecule has 4 atom stereocenters. The molecule has 1 aliphatic heterocycles. The van der Waals surface area contributed by atoms with E-state index in [1.54, 1.807) is 0 Å². The smallest absolute Gasteiger partial charge is 0.264 e. The van der Waals surface area contributed by atoms with Gasteiger partial charge in [0.2, 0.25) is 0 Å². The highest BCUT2D eigenvalue weighted by Gasteiger charge is 2.43. The van der Waals surface area contributed by atoms with Gasteiger partial charge < -0.3 is 9.20 Å². The highest BCUT2D eigenvalue weighted by Crippen LogP contribution is 2.37. The molecule has 1 saturated heterocycles. The van der Waals surface area contributed by atoms with E-state index in [9.17, 15) is 8.85 Å². The van der Waals surface area contributed by atoms with E-state index in [-0.39, 0.29) is 11.8 Å². The summed E-state index contributed by atoms with van der Waals surface area (Å²) in [5, 5.41) is 0. The second-order valence-electron chi connectivity index (χ2n) is 4.20. The molecule has 76 valence electrons. The van der Waals surface area contributed by atoms with Gasteiger partial charge >= 0.3 is 0 Å². The Bertz CT molecular complexity index is 200. The van der Waals surface area contributed by atoms with Crippen LogP contribution in [0.25, 0.3) is 0 Å². The predicted molar refractivity (Wildman–Crippen MR) is 50.2 cm³/mol. The number of halogens is 1. The first kappa shape index (κ1) is 11.0. The van der Waals surface area contributed by atoms with Crippen LogP contribution in [0.5, 0.6) is 0 Å². The first-order valence-corrected chi connectivity index (χ1v) is 6.01. The van der Waals surface area contributed by atoms with E-state index < -0.39 is 21.2 Å². The van der Waals surface area contributed by atoms with Crippen LogP contribution in [0.4, 0.5) is 4.39 Å². The predicted octanol–water partition coefficient (Wildman–Crippen LogP) is 1.59. The van der Waals surface area contributed by atoms with Crippen LogP contribution in [0.3, 0.4) is 0 Å².